The van der Waals surface area contributed by atoms with Crippen LogP contribution in [0.25, 0.3) is 11.3 Å². The number of aromatic nitrogens is 1. The Morgan fingerprint density at radius 3 is 2.48 bits per heavy atom. The van der Waals surface area contributed by atoms with E-state index in [1.807, 2.05) is 12.1 Å². The average Bonchev–Trinajstić information content (AvgIpc) is 3.19. The van der Waals surface area contributed by atoms with E-state index in [1.165, 1.54) is 0 Å². The number of esters is 1. The number of methoxy groups -OCH3 is 1. The van der Waals surface area contributed by atoms with Crippen molar-refractivity contribution in [2.45, 2.75) is 13.8 Å². The molecule has 0 saturated carbocycles. The largest absolute Gasteiger partial charge is 0.497 e. The van der Waals surface area contributed by atoms with Gasteiger partial charge in [0.25, 0.3) is 0 Å². The summed E-state index contributed by atoms with van der Waals surface area (Å²) in [7, 11) is 1.56. The van der Waals surface area contributed by atoms with Crippen LogP contribution >= 0.6 is 0 Å². The van der Waals surface area contributed by atoms with E-state index in [1.54, 1.807) is 49.6 Å². The van der Waals surface area contributed by atoms with Gasteiger partial charge in [-0.05, 0) is 38.1 Å². The van der Waals surface area contributed by atoms with E-state index in [0.29, 0.717) is 28.4 Å². The highest BCUT2D eigenvalue weighted by molar-refractivity contribution is 5.92. The van der Waals surface area contributed by atoms with Crippen LogP contribution in [0.3, 0.4) is 0 Å². The van der Waals surface area contributed by atoms with Gasteiger partial charge in [0.05, 0.1) is 18.2 Å². The molecule has 3 rings (SSSR count). The smallest absolute Gasteiger partial charge is 0.343 e. The van der Waals surface area contributed by atoms with Crippen LogP contribution in [0, 0.1) is 0 Å². The number of anilines is 1. The zero-order valence-corrected chi connectivity index (χ0v) is 15.6. The number of hydrogen-bond acceptors (Lipinski definition) is 6. The van der Waals surface area contributed by atoms with Crippen LogP contribution in [-0.4, -0.2) is 31.3 Å². The van der Waals surface area contributed by atoms with Gasteiger partial charge in [-0.1, -0.05) is 23.4 Å². The Labute approximate surface area is 158 Å². The van der Waals surface area contributed by atoms with E-state index in [-0.39, 0.29) is 0 Å². The highest BCUT2D eigenvalue weighted by Gasteiger charge is 2.18. The summed E-state index contributed by atoms with van der Waals surface area (Å²) in [5.41, 5.74) is 1.10. The van der Waals surface area contributed by atoms with E-state index < -0.39 is 5.97 Å². The summed E-state index contributed by atoms with van der Waals surface area (Å²) >= 11 is 0. The Hall–Kier alpha value is -3.28. The van der Waals surface area contributed by atoms with E-state index in [9.17, 15) is 4.79 Å². The third kappa shape index (κ3) is 4.11. The molecule has 0 fully saturated rings. The highest BCUT2D eigenvalue weighted by Crippen LogP contribution is 2.35. The third-order valence-corrected chi connectivity index (χ3v) is 4.25. The van der Waals surface area contributed by atoms with Gasteiger partial charge in [-0.2, -0.15) is 0 Å². The Morgan fingerprint density at radius 2 is 1.81 bits per heavy atom. The van der Waals surface area contributed by atoms with Crippen molar-refractivity contribution in [2.75, 3.05) is 25.1 Å². The molecule has 27 heavy (non-hydrogen) atoms. The molecule has 0 amide bonds. The van der Waals surface area contributed by atoms with E-state index >= 15 is 0 Å². The van der Waals surface area contributed by atoms with Crippen molar-refractivity contribution in [3.05, 3.63) is 60.2 Å². The maximum atomic E-state index is 12.5. The molecule has 6 nitrogen and oxygen atoms in total. The molecule has 0 bridgehead atoms. The van der Waals surface area contributed by atoms with Gasteiger partial charge in [0, 0.05) is 25.2 Å². The average molecular weight is 366 g/mol. The van der Waals surface area contributed by atoms with Gasteiger partial charge in [0.2, 0.25) is 0 Å². The monoisotopic (exact) mass is 366 g/mol. The second-order valence-corrected chi connectivity index (χ2v) is 5.84. The van der Waals surface area contributed by atoms with Crippen LogP contribution in [0.15, 0.2) is 59.1 Å². The van der Waals surface area contributed by atoms with Gasteiger partial charge in [-0.25, -0.2) is 4.79 Å². The third-order valence-electron chi connectivity index (χ3n) is 4.25. The number of carbonyl (C=O) groups excluding carboxylic acids is 1. The Bertz CT molecular complexity index is 902. The van der Waals surface area contributed by atoms with Crippen molar-refractivity contribution < 1.29 is 18.8 Å². The summed E-state index contributed by atoms with van der Waals surface area (Å²) in [6.07, 6.45) is 0. The first-order valence-electron chi connectivity index (χ1n) is 8.83. The second kappa shape index (κ2) is 8.40. The number of benzene rings is 2. The molecule has 140 valence electrons. The lowest BCUT2D eigenvalue weighted by molar-refractivity contribution is 0.0735. The minimum absolute atomic E-state index is 0.352. The number of ether oxygens (including phenoxy) is 2. The van der Waals surface area contributed by atoms with Gasteiger partial charge < -0.3 is 18.9 Å². The van der Waals surface area contributed by atoms with Crippen molar-refractivity contribution in [1.82, 2.24) is 5.16 Å². The van der Waals surface area contributed by atoms with Crippen LogP contribution < -0.4 is 14.4 Å². The summed E-state index contributed by atoms with van der Waals surface area (Å²) in [5, 5.41) is 4.13. The number of rotatable bonds is 7. The predicted octanol–water partition coefficient (Wildman–Crippen LogP) is 4.42. The minimum Gasteiger partial charge on any atom is -0.497 e. The summed E-state index contributed by atoms with van der Waals surface area (Å²) in [5.74, 6) is 1.75. The summed E-state index contributed by atoms with van der Waals surface area (Å²) in [4.78, 5) is 14.6. The van der Waals surface area contributed by atoms with Crippen molar-refractivity contribution in [3.8, 4) is 22.8 Å². The summed E-state index contributed by atoms with van der Waals surface area (Å²) in [6, 6.07) is 15.9. The molecule has 1 heterocycles. The Morgan fingerprint density at radius 1 is 1.07 bits per heavy atom. The van der Waals surface area contributed by atoms with Gasteiger partial charge in [0.15, 0.2) is 11.6 Å². The first-order chi connectivity index (χ1) is 13.2. The summed E-state index contributed by atoms with van der Waals surface area (Å²) < 4.78 is 16.4. The first-order valence-corrected chi connectivity index (χ1v) is 8.83. The second-order valence-electron chi connectivity index (χ2n) is 5.84. The molecule has 0 spiro atoms. The van der Waals surface area contributed by atoms with Crippen LogP contribution in [0.4, 0.5) is 5.82 Å². The fraction of sp³-hybridized carbons (Fsp3) is 0.238. The van der Waals surface area contributed by atoms with Crippen LogP contribution in [-0.2, 0) is 0 Å². The van der Waals surface area contributed by atoms with E-state index in [0.717, 1.165) is 18.9 Å². The fourth-order valence-electron chi connectivity index (χ4n) is 2.74. The van der Waals surface area contributed by atoms with Crippen LogP contribution in [0.1, 0.15) is 24.2 Å². The minimum atomic E-state index is -0.450. The first kappa shape index (κ1) is 18.5. The Balaban J connectivity index is 1.95. The molecular weight excluding hydrogens is 344 g/mol. The molecule has 3 aromatic rings. The predicted molar refractivity (Wildman–Crippen MR) is 103 cm³/mol. The quantitative estimate of drug-likeness (QED) is 0.456. The molecule has 0 unspecified atom stereocenters. The van der Waals surface area contributed by atoms with Crippen molar-refractivity contribution >= 4 is 11.8 Å². The molecule has 0 N–H and O–H groups in total. The van der Waals surface area contributed by atoms with Crippen LogP contribution in [0.5, 0.6) is 11.5 Å². The molecule has 6 heteroatoms. The van der Waals surface area contributed by atoms with E-state index in [2.05, 4.69) is 23.9 Å². The highest BCUT2D eigenvalue weighted by atomic mass is 16.5. The fourth-order valence-corrected chi connectivity index (χ4v) is 2.74. The van der Waals surface area contributed by atoms with E-state index in [4.69, 9.17) is 14.0 Å². The molecule has 0 aliphatic heterocycles. The number of carbonyl (C=O) groups is 1. The van der Waals surface area contributed by atoms with Crippen molar-refractivity contribution in [1.29, 1.82) is 0 Å². The molecule has 0 aliphatic rings. The normalized spacial score (nSPS) is 10.5. The standard InChI is InChI=1S/C21H22N2O4/c1-4-23(5-2)20-14-19(27-22-20)17-12-11-16(25-3)13-18(17)26-21(24)15-9-7-6-8-10-15/h6-14H,4-5H2,1-3H3. The maximum absolute atomic E-state index is 12.5. The lowest BCUT2D eigenvalue weighted by Gasteiger charge is -2.15. The van der Waals surface area contributed by atoms with Gasteiger partial charge >= 0.3 is 5.97 Å². The molecule has 0 saturated heterocycles. The summed E-state index contributed by atoms with van der Waals surface area (Å²) in [6.45, 7) is 5.75. The topological polar surface area (TPSA) is 64.8 Å². The lowest BCUT2D eigenvalue weighted by atomic mass is 10.1. The molecule has 2 aromatic carbocycles. The van der Waals surface area contributed by atoms with Crippen molar-refractivity contribution in [2.24, 2.45) is 0 Å². The Kier molecular flexibility index (Phi) is 5.76. The maximum Gasteiger partial charge on any atom is 0.343 e. The SMILES string of the molecule is CCN(CC)c1cc(-c2ccc(OC)cc2OC(=O)c2ccccc2)on1. The number of nitrogens with zero attached hydrogens (tertiary/aromatic N) is 2. The zero-order chi connectivity index (χ0) is 19.2. The van der Waals surface area contributed by atoms with Gasteiger partial charge in [0.1, 0.15) is 11.5 Å². The molecule has 1 aromatic heterocycles. The molecule has 0 atom stereocenters. The molecular formula is C21H22N2O4. The molecule has 0 radical (unpaired) electrons. The number of hydrogen-bond donors (Lipinski definition) is 0. The molecule has 0 aliphatic carbocycles. The van der Waals surface area contributed by atoms with Crippen LogP contribution in [0.2, 0.25) is 0 Å². The van der Waals surface area contributed by atoms with Gasteiger partial charge in [-0.15, -0.1) is 0 Å². The van der Waals surface area contributed by atoms with Gasteiger partial charge in [-0.3, -0.25) is 0 Å². The lowest BCUT2D eigenvalue weighted by Crippen LogP contribution is -2.21. The van der Waals surface area contributed by atoms with Crippen molar-refractivity contribution in [3.63, 3.8) is 0 Å². The zero-order valence-electron chi connectivity index (χ0n) is 15.6.